The van der Waals surface area contributed by atoms with Gasteiger partial charge in [0, 0.05) is 16.8 Å². The van der Waals surface area contributed by atoms with Gasteiger partial charge in [-0.2, -0.15) is 5.26 Å². The van der Waals surface area contributed by atoms with Crippen molar-refractivity contribution in [3.05, 3.63) is 96.6 Å². The van der Waals surface area contributed by atoms with Crippen molar-refractivity contribution < 1.29 is 19.0 Å². The maximum absolute atomic E-state index is 13.0. The summed E-state index contributed by atoms with van der Waals surface area (Å²) in [5, 5.41) is 15.8. The van der Waals surface area contributed by atoms with E-state index in [1.165, 1.54) is 11.8 Å². The number of amides is 1. The first-order valence-electron chi connectivity index (χ1n) is 12.8. The van der Waals surface area contributed by atoms with Gasteiger partial charge >= 0.3 is 0 Å². The van der Waals surface area contributed by atoms with Crippen LogP contribution in [0, 0.1) is 11.3 Å². The van der Waals surface area contributed by atoms with Crippen LogP contribution in [-0.2, 0) is 4.79 Å². The van der Waals surface area contributed by atoms with Crippen molar-refractivity contribution in [1.82, 2.24) is 4.98 Å². The van der Waals surface area contributed by atoms with Gasteiger partial charge in [0.2, 0.25) is 11.7 Å². The number of methoxy groups -OCH3 is 3. The molecule has 0 radical (unpaired) electrons. The molecule has 0 saturated heterocycles. The molecule has 0 fully saturated rings. The molecule has 7 nitrogen and oxygen atoms in total. The first-order valence-corrected chi connectivity index (χ1v) is 13.8. The summed E-state index contributed by atoms with van der Waals surface area (Å²) < 4.78 is 16.6. The van der Waals surface area contributed by atoms with Crippen molar-refractivity contribution in [3.63, 3.8) is 0 Å². The number of hydrogen-bond donors (Lipinski definition) is 1. The predicted molar refractivity (Wildman–Crippen MR) is 163 cm³/mol. The standard InChI is InChI=1S/C33H27N3O4S/c1-38-29-16-24(17-30(39-2)32(29)40-3)26-18-28(22-10-5-4-6-11-22)36-33(27(26)19-34)41-20-31(37)35-25-14-13-21-9-7-8-12-23(21)15-25/h4-18H,20H2,1-3H3,(H,35,37). The van der Waals surface area contributed by atoms with E-state index >= 15 is 0 Å². The second-order valence-corrected chi connectivity index (χ2v) is 9.99. The molecule has 0 aliphatic carbocycles. The monoisotopic (exact) mass is 561 g/mol. The summed E-state index contributed by atoms with van der Waals surface area (Å²) in [7, 11) is 4.63. The van der Waals surface area contributed by atoms with Crippen molar-refractivity contribution in [2.75, 3.05) is 32.4 Å². The van der Waals surface area contributed by atoms with Gasteiger partial charge in [-0.05, 0) is 46.7 Å². The van der Waals surface area contributed by atoms with Gasteiger partial charge in [-0.3, -0.25) is 4.79 Å². The van der Waals surface area contributed by atoms with Gasteiger partial charge in [0.05, 0.1) is 38.3 Å². The fraction of sp³-hybridized carbons (Fsp3) is 0.121. The van der Waals surface area contributed by atoms with Crippen LogP contribution in [0.15, 0.2) is 96.0 Å². The molecule has 0 atom stereocenters. The number of thioether (sulfide) groups is 1. The highest BCUT2D eigenvalue weighted by Gasteiger charge is 2.21. The lowest BCUT2D eigenvalue weighted by Crippen LogP contribution is -2.14. The first kappa shape index (κ1) is 27.6. The molecule has 1 amide bonds. The maximum Gasteiger partial charge on any atom is 0.234 e. The van der Waals surface area contributed by atoms with Gasteiger partial charge in [-0.1, -0.05) is 72.4 Å². The fourth-order valence-corrected chi connectivity index (χ4v) is 5.36. The number of carbonyl (C=O) groups excluding carboxylic acids is 1. The van der Waals surface area contributed by atoms with Gasteiger partial charge < -0.3 is 19.5 Å². The van der Waals surface area contributed by atoms with E-state index in [1.54, 1.807) is 33.5 Å². The van der Waals surface area contributed by atoms with Crippen molar-refractivity contribution >= 4 is 34.1 Å². The Bertz CT molecular complexity index is 1740. The van der Waals surface area contributed by atoms with Gasteiger partial charge in [-0.25, -0.2) is 4.98 Å². The predicted octanol–water partition coefficient (Wildman–Crippen LogP) is 7.20. The SMILES string of the molecule is COc1cc(-c2cc(-c3ccccc3)nc(SCC(=O)Nc3ccc4ccccc4c3)c2C#N)cc(OC)c1OC. The number of fused-ring (bicyclic) bond motifs is 1. The second kappa shape index (κ2) is 12.5. The highest BCUT2D eigenvalue weighted by molar-refractivity contribution is 8.00. The molecule has 1 aromatic heterocycles. The van der Waals surface area contributed by atoms with E-state index in [1.807, 2.05) is 78.9 Å². The summed E-state index contributed by atoms with van der Waals surface area (Å²) in [5.41, 5.74) is 3.94. The van der Waals surface area contributed by atoms with E-state index in [0.29, 0.717) is 50.3 Å². The zero-order chi connectivity index (χ0) is 28.8. The summed E-state index contributed by atoms with van der Waals surface area (Å²) in [6.07, 6.45) is 0. The normalized spacial score (nSPS) is 10.6. The summed E-state index contributed by atoms with van der Waals surface area (Å²) in [4.78, 5) is 17.8. The number of nitrogens with one attached hydrogen (secondary N) is 1. The molecule has 0 saturated carbocycles. The third-order valence-corrected chi connectivity index (χ3v) is 7.49. The van der Waals surface area contributed by atoms with Crippen molar-refractivity contribution in [3.8, 4) is 45.7 Å². The van der Waals surface area contributed by atoms with E-state index in [0.717, 1.165) is 16.3 Å². The summed E-state index contributed by atoms with van der Waals surface area (Å²) in [6, 6.07) is 31.2. The van der Waals surface area contributed by atoms with Gasteiger partial charge in [0.15, 0.2) is 11.5 Å². The van der Waals surface area contributed by atoms with E-state index in [2.05, 4.69) is 11.4 Å². The van der Waals surface area contributed by atoms with Gasteiger partial charge in [0.25, 0.3) is 0 Å². The zero-order valence-corrected chi connectivity index (χ0v) is 23.6. The molecule has 4 aromatic carbocycles. The van der Waals surface area contributed by atoms with Gasteiger partial charge in [0.1, 0.15) is 11.1 Å². The van der Waals surface area contributed by atoms with Crippen LogP contribution in [0.1, 0.15) is 5.56 Å². The van der Waals surface area contributed by atoms with E-state index in [-0.39, 0.29) is 11.7 Å². The highest BCUT2D eigenvalue weighted by atomic mass is 32.2. The number of carbonyl (C=O) groups is 1. The number of nitriles is 1. The molecular weight excluding hydrogens is 534 g/mol. The molecular formula is C33H27N3O4S. The van der Waals surface area contributed by atoms with Crippen LogP contribution in [-0.4, -0.2) is 38.0 Å². The van der Waals surface area contributed by atoms with Crippen LogP contribution < -0.4 is 19.5 Å². The molecule has 8 heteroatoms. The lowest BCUT2D eigenvalue weighted by Gasteiger charge is -2.16. The largest absolute Gasteiger partial charge is 0.493 e. The molecule has 5 rings (SSSR count). The van der Waals surface area contributed by atoms with Crippen LogP contribution in [0.25, 0.3) is 33.2 Å². The Hall–Kier alpha value is -5.00. The molecule has 5 aromatic rings. The third-order valence-electron chi connectivity index (χ3n) is 6.52. The number of nitrogens with zero attached hydrogens (tertiary/aromatic N) is 2. The Morgan fingerprint density at radius 1 is 0.829 bits per heavy atom. The number of rotatable bonds is 9. The summed E-state index contributed by atoms with van der Waals surface area (Å²) in [6.45, 7) is 0. The molecule has 41 heavy (non-hydrogen) atoms. The minimum Gasteiger partial charge on any atom is -0.493 e. The number of ether oxygens (including phenoxy) is 3. The highest BCUT2D eigenvalue weighted by Crippen LogP contribution is 2.43. The minimum atomic E-state index is -0.199. The number of anilines is 1. The first-order chi connectivity index (χ1) is 20.0. The van der Waals surface area contributed by atoms with Crippen LogP contribution >= 0.6 is 11.8 Å². The summed E-state index contributed by atoms with van der Waals surface area (Å²) >= 11 is 1.21. The Morgan fingerprint density at radius 2 is 1.51 bits per heavy atom. The maximum atomic E-state index is 13.0. The molecule has 0 unspecified atom stereocenters. The molecule has 0 aliphatic heterocycles. The van der Waals surface area contributed by atoms with Crippen molar-refractivity contribution in [2.45, 2.75) is 5.03 Å². The average molecular weight is 562 g/mol. The minimum absolute atomic E-state index is 0.0709. The van der Waals surface area contributed by atoms with Crippen LogP contribution in [0.5, 0.6) is 17.2 Å². The lowest BCUT2D eigenvalue weighted by molar-refractivity contribution is -0.113. The van der Waals surface area contributed by atoms with Crippen LogP contribution in [0.4, 0.5) is 5.69 Å². The average Bonchev–Trinajstić information content (AvgIpc) is 3.02. The Balaban J connectivity index is 1.52. The fourth-order valence-electron chi connectivity index (χ4n) is 4.55. The quantitative estimate of drug-likeness (QED) is 0.190. The molecule has 1 N–H and O–H groups in total. The Morgan fingerprint density at radius 3 is 2.17 bits per heavy atom. The molecule has 1 heterocycles. The number of benzene rings is 4. The second-order valence-electron chi connectivity index (χ2n) is 9.03. The van der Waals surface area contributed by atoms with E-state index in [4.69, 9.17) is 19.2 Å². The van der Waals surface area contributed by atoms with Gasteiger partial charge in [-0.15, -0.1) is 0 Å². The molecule has 204 valence electrons. The molecule has 0 bridgehead atoms. The molecule has 0 aliphatic rings. The molecule has 0 spiro atoms. The Kier molecular flexibility index (Phi) is 8.37. The lowest BCUT2D eigenvalue weighted by atomic mass is 9.98. The Labute approximate surface area is 242 Å². The van der Waals surface area contributed by atoms with Crippen LogP contribution in [0.2, 0.25) is 0 Å². The van der Waals surface area contributed by atoms with E-state index in [9.17, 15) is 10.1 Å². The zero-order valence-electron chi connectivity index (χ0n) is 22.8. The van der Waals surface area contributed by atoms with E-state index < -0.39 is 0 Å². The number of hydrogen-bond acceptors (Lipinski definition) is 7. The van der Waals surface area contributed by atoms with Crippen LogP contribution in [0.3, 0.4) is 0 Å². The smallest absolute Gasteiger partial charge is 0.234 e. The summed E-state index contributed by atoms with van der Waals surface area (Å²) in [5.74, 6) is 1.26. The number of aromatic nitrogens is 1. The van der Waals surface area contributed by atoms with Crippen molar-refractivity contribution in [2.24, 2.45) is 0 Å². The topological polar surface area (TPSA) is 93.5 Å². The third kappa shape index (κ3) is 5.96. The van der Waals surface area contributed by atoms with Crippen molar-refractivity contribution in [1.29, 1.82) is 5.26 Å². The number of pyridine rings is 1.